The number of carbonyl (C=O) groups excluding carboxylic acids is 1. The van der Waals surface area contributed by atoms with Crippen LogP contribution >= 0.6 is 15.9 Å². The second-order valence-electron chi connectivity index (χ2n) is 4.22. The van der Waals surface area contributed by atoms with E-state index in [1.54, 1.807) is 4.90 Å². The van der Waals surface area contributed by atoms with Crippen molar-refractivity contribution >= 4 is 33.2 Å². The van der Waals surface area contributed by atoms with Crippen LogP contribution in [0.25, 0.3) is 0 Å². The molecule has 0 fully saturated rings. The predicted molar refractivity (Wildman–Crippen MR) is 83.0 cm³/mol. The summed E-state index contributed by atoms with van der Waals surface area (Å²) in [7, 11) is 0. The molecule has 1 amide bonds. The van der Waals surface area contributed by atoms with Gasteiger partial charge in [0.15, 0.2) is 0 Å². The number of anilines is 2. The first kappa shape index (κ1) is 13.8. The number of hydrogen-bond acceptors (Lipinski definition) is 1. The van der Waals surface area contributed by atoms with Crippen molar-refractivity contribution in [2.24, 2.45) is 0 Å². The number of para-hydroxylation sites is 2. The molecule has 0 aliphatic heterocycles. The summed E-state index contributed by atoms with van der Waals surface area (Å²) in [5, 5.41) is 0. The van der Waals surface area contributed by atoms with Crippen LogP contribution in [0.2, 0.25) is 0 Å². The van der Waals surface area contributed by atoms with Gasteiger partial charge in [-0.05, 0) is 30.7 Å². The van der Waals surface area contributed by atoms with E-state index in [4.69, 9.17) is 0 Å². The number of nitrogens with zero attached hydrogens (tertiary/aromatic N) is 1. The molecule has 0 spiro atoms. The molecule has 0 aromatic heterocycles. The Morgan fingerprint density at radius 3 is 1.79 bits per heavy atom. The van der Waals surface area contributed by atoms with Gasteiger partial charge in [-0.1, -0.05) is 59.3 Å². The summed E-state index contributed by atoms with van der Waals surface area (Å²) in [4.78, 5) is 14.1. The summed E-state index contributed by atoms with van der Waals surface area (Å²) < 4.78 is 0. The zero-order valence-electron chi connectivity index (χ0n) is 10.8. The normalized spacial score (nSPS) is 11.9. The van der Waals surface area contributed by atoms with E-state index in [-0.39, 0.29) is 10.7 Å². The third-order valence-electron chi connectivity index (χ3n) is 2.88. The standard InChI is InChI=1S/C16H16BrNO/c1-2-15(17)16(19)18(13-9-5-3-6-10-13)14-11-7-4-8-12-14/h3-12,15H,2H2,1H3/t15-/m1/s1. The highest BCUT2D eigenvalue weighted by atomic mass is 79.9. The van der Waals surface area contributed by atoms with Gasteiger partial charge in [0, 0.05) is 11.4 Å². The Morgan fingerprint density at radius 1 is 1.00 bits per heavy atom. The van der Waals surface area contributed by atoms with E-state index in [0.29, 0.717) is 0 Å². The van der Waals surface area contributed by atoms with Crippen LogP contribution in [0.15, 0.2) is 60.7 Å². The Bertz CT molecular complexity index is 487. The highest BCUT2D eigenvalue weighted by Crippen LogP contribution is 2.27. The molecule has 0 N–H and O–H groups in total. The lowest BCUT2D eigenvalue weighted by atomic mass is 10.2. The Balaban J connectivity index is 2.43. The summed E-state index contributed by atoms with van der Waals surface area (Å²) in [6.07, 6.45) is 0.759. The molecule has 19 heavy (non-hydrogen) atoms. The van der Waals surface area contributed by atoms with Gasteiger partial charge in [0.05, 0.1) is 4.83 Å². The maximum atomic E-state index is 12.6. The van der Waals surface area contributed by atoms with Gasteiger partial charge in [-0.15, -0.1) is 0 Å². The van der Waals surface area contributed by atoms with Gasteiger partial charge in [0.25, 0.3) is 0 Å². The van der Waals surface area contributed by atoms with E-state index >= 15 is 0 Å². The number of carbonyl (C=O) groups is 1. The molecule has 98 valence electrons. The summed E-state index contributed by atoms with van der Waals surface area (Å²) in [6.45, 7) is 1.99. The lowest BCUT2D eigenvalue weighted by molar-refractivity contribution is -0.117. The SMILES string of the molecule is CC[C@@H](Br)C(=O)N(c1ccccc1)c1ccccc1. The van der Waals surface area contributed by atoms with Crippen molar-refractivity contribution in [2.75, 3.05) is 4.90 Å². The summed E-state index contributed by atoms with van der Waals surface area (Å²) >= 11 is 3.45. The molecule has 0 radical (unpaired) electrons. The molecule has 2 rings (SSSR count). The molecule has 0 aliphatic rings. The van der Waals surface area contributed by atoms with Gasteiger partial charge in [-0.3, -0.25) is 9.69 Å². The van der Waals surface area contributed by atoms with Crippen LogP contribution in [-0.4, -0.2) is 10.7 Å². The zero-order chi connectivity index (χ0) is 13.7. The Labute approximate surface area is 122 Å². The van der Waals surface area contributed by atoms with Crippen LogP contribution in [0.3, 0.4) is 0 Å². The fourth-order valence-electron chi connectivity index (χ4n) is 1.87. The third kappa shape index (κ3) is 3.24. The first-order valence-electron chi connectivity index (χ1n) is 6.32. The molecule has 0 bridgehead atoms. The third-order valence-corrected chi connectivity index (χ3v) is 3.91. The van der Waals surface area contributed by atoms with Gasteiger partial charge >= 0.3 is 0 Å². The molecule has 2 nitrogen and oxygen atoms in total. The van der Waals surface area contributed by atoms with Crippen molar-refractivity contribution in [3.8, 4) is 0 Å². The van der Waals surface area contributed by atoms with Crippen LogP contribution in [0.4, 0.5) is 11.4 Å². The lowest BCUT2D eigenvalue weighted by Gasteiger charge is -2.25. The maximum Gasteiger partial charge on any atom is 0.245 e. The summed E-state index contributed by atoms with van der Waals surface area (Å²) in [5.41, 5.74) is 1.77. The topological polar surface area (TPSA) is 20.3 Å². The molecule has 2 aromatic carbocycles. The molecular weight excluding hydrogens is 302 g/mol. The molecule has 3 heteroatoms. The number of rotatable bonds is 4. The first-order chi connectivity index (χ1) is 9.24. The van der Waals surface area contributed by atoms with Crippen molar-refractivity contribution in [1.29, 1.82) is 0 Å². The Morgan fingerprint density at radius 2 is 1.42 bits per heavy atom. The molecule has 0 saturated heterocycles. The van der Waals surface area contributed by atoms with Gasteiger partial charge in [0.2, 0.25) is 5.91 Å². The van der Waals surface area contributed by atoms with Gasteiger partial charge in [0.1, 0.15) is 0 Å². The molecule has 0 saturated carbocycles. The Kier molecular flexibility index (Phi) is 4.74. The van der Waals surface area contributed by atoms with Crippen molar-refractivity contribution in [3.05, 3.63) is 60.7 Å². The van der Waals surface area contributed by atoms with Crippen LogP contribution in [0.5, 0.6) is 0 Å². The quantitative estimate of drug-likeness (QED) is 0.759. The number of benzene rings is 2. The van der Waals surface area contributed by atoms with E-state index in [2.05, 4.69) is 15.9 Å². The number of amides is 1. The Hall–Kier alpha value is -1.61. The minimum atomic E-state index is -0.173. The summed E-state index contributed by atoms with van der Waals surface area (Å²) in [6, 6.07) is 19.4. The summed E-state index contributed by atoms with van der Waals surface area (Å²) in [5.74, 6) is 0.0555. The van der Waals surface area contributed by atoms with E-state index in [1.165, 1.54) is 0 Å². The average molecular weight is 318 g/mol. The van der Waals surface area contributed by atoms with Crippen molar-refractivity contribution < 1.29 is 4.79 Å². The molecule has 2 aromatic rings. The number of halogens is 1. The van der Waals surface area contributed by atoms with Crippen LogP contribution < -0.4 is 4.90 Å². The maximum absolute atomic E-state index is 12.6. The minimum Gasteiger partial charge on any atom is -0.280 e. The van der Waals surface area contributed by atoms with Crippen LogP contribution in [0.1, 0.15) is 13.3 Å². The number of alkyl halides is 1. The molecule has 0 aliphatic carbocycles. The minimum absolute atomic E-state index is 0.0555. The highest BCUT2D eigenvalue weighted by Gasteiger charge is 2.23. The lowest BCUT2D eigenvalue weighted by Crippen LogP contribution is -2.32. The van der Waals surface area contributed by atoms with Gasteiger partial charge in [-0.25, -0.2) is 0 Å². The molecular formula is C16H16BrNO. The fraction of sp³-hybridized carbons (Fsp3) is 0.188. The van der Waals surface area contributed by atoms with Gasteiger partial charge < -0.3 is 0 Å². The van der Waals surface area contributed by atoms with Crippen molar-refractivity contribution in [2.45, 2.75) is 18.2 Å². The van der Waals surface area contributed by atoms with Crippen LogP contribution in [0, 0.1) is 0 Å². The molecule has 0 unspecified atom stereocenters. The largest absolute Gasteiger partial charge is 0.280 e. The first-order valence-corrected chi connectivity index (χ1v) is 7.23. The second kappa shape index (κ2) is 6.53. The zero-order valence-corrected chi connectivity index (χ0v) is 12.4. The second-order valence-corrected chi connectivity index (χ2v) is 5.33. The van der Waals surface area contributed by atoms with E-state index in [9.17, 15) is 4.79 Å². The number of hydrogen-bond donors (Lipinski definition) is 0. The van der Waals surface area contributed by atoms with Crippen molar-refractivity contribution in [1.82, 2.24) is 0 Å². The van der Waals surface area contributed by atoms with Crippen molar-refractivity contribution in [3.63, 3.8) is 0 Å². The average Bonchev–Trinajstić information content (AvgIpc) is 2.49. The smallest absolute Gasteiger partial charge is 0.245 e. The predicted octanol–water partition coefficient (Wildman–Crippen LogP) is 4.52. The molecule has 0 heterocycles. The highest BCUT2D eigenvalue weighted by molar-refractivity contribution is 9.10. The van der Waals surface area contributed by atoms with E-state index in [0.717, 1.165) is 17.8 Å². The van der Waals surface area contributed by atoms with E-state index < -0.39 is 0 Å². The van der Waals surface area contributed by atoms with Crippen LogP contribution in [-0.2, 0) is 4.79 Å². The van der Waals surface area contributed by atoms with E-state index in [1.807, 2.05) is 67.6 Å². The van der Waals surface area contributed by atoms with Gasteiger partial charge in [-0.2, -0.15) is 0 Å². The monoisotopic (exact) mass is 317 g/mol. The fourth-order valence-corrected chi connectivity index (χ4v) is 2.08. The molecule has 1 atom stereocenters.